The third-order valence-corrected chi connectivity index (χ3v) is 4.92. The summed E-state index contributed by atoms with van der Waals surface area (Å²) >= 11 is 0. The van der Waals surface area contributed by atoms with Gasteiger partial charge in [-0.15, -0.1) is 0 Å². The average molecular weight is 248 g/mol. The number of fused-ring (bicyclic) bond motifs is 1. The molecule has 0 bridgehead atoms. The molecule has 3 atom stereocenters. The molecule has 1 aromatic rings. The summed E-state index contributed by atoms with van der Waals surface area (Å²) in [7, 11) is 0. The van der Waals surface area contributed by atoms with Crippen molar-refractivity contribution in [1.82, 2.24) is 0 Å². The number of benzene rings is 1. The van der Waals surface area contributed by atoms with E-state index in [1.54, 1.807) is 12.1 Å². The minimum atomic E-state index is -0.697. The topological polar surface area (TPSA) is 20.2 Å². The molecule has 98 valence electrons. The van der Waals surface area contributed by atoms with Crippen molar-refractivity contribution in [3.8, 4) is 0 Å². The van der Waals surface area contributed by atoms with Crippen molar-refractivity contribution in [2.75, 3.05) is 0 Å². The molecule has 0 saturated heterocycles. The molecule has 2 heteroatoms. The lowest BCUT2D eigenvalue weighted by Crippen LogP contribution is -2.35. The first-order valence-corrected chi connectivity index (χ1v) is 7.11. The monoisotopic (exact) mass is 248 g/mol. The smallest absolute Gasteiger partial charge is 0.123 e. The lowest BCUT2D eigenvalue weighted by Gasteiger charge is -2.38. The Morgan fingerprint density at radius 3 is 2.94 bits per heavy atom. The molecule has 0 aliphatic heterocycles. The molecule has 2 aliphatic rings. The van der Waals surface area contributed by atoms with E-state index in [1.807, 2.05) is 0 Å². The van der Waals surface area contributed by atoms with Gasteiger partial charge in [0.05, 0.1) is 5.60 Å². The second kappa shape index (κ2) is 4.34. The molecule has 1 saturated carbocycles. The van der Waals surface area contributed by atoms with E-state index in [0.29, 0.717) is 11.8 Å². The van der Waals surface area contributed by atoms with Crippen molar-refractivity contribution >= 4 is 0 Å². The van der Waals surface area contributed by atoms with E-state index < -0.39 is 5.60 Å². The van der Waals surface area contributed by atoms with Crippen LogP contribution in [0.4, 0.5) is 4.39 Å². The van der Waals surface area contributed by atoms with Crippen molar-refractivity contribution in [3.63, 3.8) is 0 Å². The van der Waals surface area contributed by atoms with Gasteiger partial charge in [0.1, 0.15) is 5.82 Å². The van der Waals surface area contributed by atoms with Crippen LogP contribution in [-0.2, 0) is 12.0 Å². The number of hydrogen-bond acceptors (Lipinski definition) is 1. The molecule has 1 nitrogen and oxygen atoms in total. The Kier molecular flexibility index (Phi) is 2.93. The second-order valence-electron chi connectivity index (χ2n) is 6.19. The molecule has 0 radical (unpaired) electrons. The Labute approximate surface area is 108 Å². The molecule has 1 N–H and O–H groups in total. The van der Waals surface area contributed by atoms with Gasteiger partial charge in [0.15, 0.2) is 0 Å². The fourth-order valence-corrected chi connectivity index (χ4v) is 3.94. The number of halogens is 1. The van der Waals surface area contributed by atoms with E-state index in [1.165, 1.54) is 18.9 Å². The van der Waals surface area contributed by atoms with Crippen LogP contribution < -0.4 is 0 Å². The summed E-state index contributed by atoms with van der Waals surface area (Å²) in [5.74, 6) is 0.875. The summed E-state index contributed by atoms with van der Waals surface area (Å²) in [6.45, 7) is 2.27. The molecule has 2 aliphatic carbocycles. The van der Waals surface area contributed by atoms with Gasteiger partial charge in [0.2, 0.25) is 0 Å². The van der Waals surface area contributed by atoms with Crippen LogP contribution in [0.5, 0.6) is 0 Å². The normalized spacial score (nSPS) is 35.5. The molecule has 1 aromatic carbocycles. The molecule has 18 heavy (non-hydrogen) atoms. The second-order valence-corrected chi connectivity index (χ2v) is 6.19. The summed E-state index contributed by atoms with van der Waals surface area (Å²) < 4.78 is 13.2. The fraction of sp³-hybridized carbons (Fsp3) is 0.625. The van der Waals surface area contributed by atoms with E-state index in [2.05, 4.69) is 6.92 Å². The molecule has 0 heterocycles. The molecule has 3 rings (SSSR count). The molecule has 0 spiro atoms. The van der Waals surface area contributed by atoms with Crippen LogP contribution in [0, 0.1) is 17.7 Å². The summed E-state index contributed by atoms with van der Waals surface area (Å²) in [6.07, 6.45) is 6.29. The highest BCUT2D eigenvalue weighted by Gasteiger charge is 2.44. The molecular weight excluding hydrogens is 227 g/mol. The Bertz CT molecular complexity index is 456. The van der Waals surface area contributed by atoms with Crippen molar-refractivity contribution < 1.29 is 9.50 Å². The largest absolute Gasteiger partial charge is 0.385 e. The minimum absolute atomic E-state index is 0.185. The quantitative estimate of drug-likeness (QED) is 0.801. The lowest BCUT2D eigenvalue weighted by atomic mass is 9.71. The first kappa shape index (κ1) is 12.2. The highest BCUT2D eigenvalue weighted by molar-refractivity contribution is 5.38. The van der Waals surface area contributed by atoms with Gasteiger partial charge in [-0.05, 0) is 60.8 Å². The van der Waals surface area contributed by atoms with Crippen molar-refractivity contribution in [1.29, 1.82) is 0 Å². The Morgan fingerprint density at radius 1 is 1.33 bits per heavy atom. The number of aliphatic hydroxyl groups is 1. The standard InChI is InChI=1S/C16H21FO/c1-11-3-2-4-13(9-11)16(18)8-7-12-10-14(17)5-6-15(12)16/h5-6,10-11,13,18H,2-4,7-9H2,1H3. The van der Waals surface area contributed by atoms with Crippen molar-refractivity contribution in [3.05, 3.63) is 35.1 Å². The maximum absolute atomic E-state index is 13.2. The Hall–Kier alpha value is -0.890. The molecule has 3 unspecified atom stereocenters. The molecule has 1 fully saturated rings. The zero-order valence-corrected chi connectivity index (χ0v) is 11.0. The maximum Gasteiger partial charge on any atom is 0.123 e. The van der Waals surface area contributed by atoms with Crippen LogP contribution in [0.15, 0.2) is 18.2 Å². The summed E-state index contributed by atoms with van der Waals surface area (Å²) in [6, 6.07) is 4.89. The summed E-state index contributed by atoms with van der Waals surface area (Å²) in [5, 5.41) is 11.1. The Balaban J connectivity index is 1.93. The minimum Gasteiger partial charge on any atom is -0.385 e. The summed E-state index contributed by atoms with van der Waals surface area (Å²) in [4.78, 5) is 0. The molecule has 0 aromatic heterocycles. The molecular formula is C16H21FO. The highest BCUT2D eigenvalue weighted by atomic mass is 19.1. The van der Waals surface area contributed by atoms with E-state index in [9.17, 15) is 9.50 Å². The predicted molar refractivity (Wildman–Crippen MR) is 69.7 cm³/mol. The van der Waals surface area contributed by atoms with Crippen molar-refractivity contribution in [2.24, 2.45) is 11.8 Å². The van der Waals surface area contributed by atoms with Crippen LogP contribution in [-0.4, -0.2) is 5.11 Å². The van der Waals surface area contributed by atoms with Gasteiger partial charge < -0.3 is 5.11 Å². The number of rotatable bonds is 1. The predicted octanol–water partition coefficient (Wildman–Crippen LogP) is 3.79. The van der Waals surface area contributed by atoms with Crippen LogP contribution in [0.1, 0.15) is 50.2 Å². The maximum atomic E-state index is 13.2. The molecule has 0 amide bonds. The van der Waals surface area contributed by atoms with Crippen molar-refractivity contribution in [2.45, 2.75) is 51.0 Å². The van der Waals surface area contributed by atoms with Gasteiger partial charge in [0, 0.05) is 0 Å². The first-order valence-electron chi connectivity index (χ1n) is 7.11. The van der Waals surface area contributed by atoms with E-state index in [0.717, 1.165) is 36.8 Å². The van der Waals surface area contributed by atoms with Gasteiger partial charge in [0.25, 0.3) is 0 Å². The van der Waals surface area contributed by atoms with E-state index >= 15 is 0 Å². The van der Waals surface area contributed by atoms with Crippen LogP contribution >= 0.6 is 0 Å². The number of aryl methyl sites for hydroxylation is 1. The van der Waals surface area contributed by atoms with E-state index in [-0.39, 0.29) is 5.82 Å². The average Bonchev–Trinajstić information content (AvgIpc) is 2.68. The fourth-order valence-electron chi connectivity index (χ4n) is 3.94. The zero-order chi connectivity index (χ0) is 12.8. The third kappa shape index (κ3) is 1.87. The van der Waals surface area contributed by atoms with Crippen LogP contribution in [0.2, 0.25) is 0 Å². The third-order valence-electron chi connectivity index (χ3n) is 4.92. The van der Waals surface area contributed by atoms with Gasteiger partial charge >= 0.3 is 0 Å². The SMILES string of the molecule is CC1CCCC(C2(O)CCc3cc(F)ccc32)C1. The van der Waals surface area contributed by atoms with E-state index in [4.69, 9.17) is 0 Å². The number of hydrogen-bond donors (Lipinski definition) is 1. The van der Waals surface area contributed by atoms with Gasteiger partial charge in [-0.3, -0.25) is 0 Å². The summed E-state index contributed by atoms with van der Waals surface area (Å²) in [5.41, 5.74) is 1.30. The van der Waals surface area contributed by atoms with Gasteiger partial charge in [-0.1, -0.05) is 25.8 Å². The highest BCUT2D eigenvalue weighted by Crippen LogP contribution is 2.48. The zero-order valence-electron chi connectivity index (χ0n) is 11.0. The van der Waals surface area contributed by atoms with Gasteiger partial charge in [-0.2, -0.15) is 0 Å². The first-order chi connectivity index (χ1) is 8.59. The van der Waals surface area contributed by atoms with Gasteiger partial charge in [-0.25, -0.2) is 4.39 Å². The van der Waals surface area contributed by atoms with Crippen LogP contribution in [0.25, 0.3) is 0 Å². The Morgan fingerprint density at radius 2 is 2.17 bits per heavy atom. The van der Waals surface area contributed by atoms with Crippen LogP contribution in [0.3, 0.4) is 0 Å². The lowest BCUT2D eigenvalue weighted by molar-refractivity contribution is -0.0442.